The number of amides is 1. The summed E-state index contributed by atoms with van der Waals surface area (Å²) in [4.78, 5) is 15.2. The zero-order chi connectivity index (χ0) is 15.1. The van der Waals surface area contributed by atoms with Crippen molar-refractivity contribution in [2.24, 2.45) is 0 Å². The lowest BCUT2D eigenvalue weighted by molar-refractivity contribution is -0.126. The molecule has 0 spiro atoms. The highest BCUT2D eigenvalue weighted by Gasteiger charge is 2.09. The van der Waals surface area contributed by atoms with Crippen molar-refractivity contribution in [1.29, 1.82) is 5.26 Å². The van der Waals surface area contributed by atoms with Crippen LogP contribution in [0.1, 0.15) is 22.9 Å². The third-order valence-electron chi connectivity index (χ3n) is 3.05. The van der Waals surface area contributed by atoms with Crippen molar-refractivity contribution in [3.8, 4) is 6.07 Å². The molecule has 0 aliphatic rings. The van der Waals surface area contributed by atoms with Gasteiger partial charge in [-0.15, -0.1) is 11.3 Å². The summed E-state index contributed by atoms with van der Waals surface area (Å²) < 4.78 is 0. The summed E-state index contributed by atoms with van der Waals surface area (Å²) in [7, 11) is 0. The smallest absolute Gasteiger partial charge is 0.246 e. The molecule has 0 bridgehead atoms. The Balaban J connectivity index is 2.04. The zero-order valence-corrected chi connectivity index (χ0v) is 12.6. The molecular weight excluding hydrogens is 280 g/mol. The van der Waals surface area contributed by atoms with Crippen molar-refractivity contribution in [1.82, 2.24) is 4.90 Å². The molecule has 0 atom stereocenters. The summed E-state index contributed by atoms with van der Waals surface area (Å²) >= 11 is 1.65. The molecule has 2 aromatic rings. The fourth-order valence-electron chi connectivity index (χ4n) is 1.92. The van der Waals surface area contributed by atoms with Crippen LogP contribution in [-0.2, 0) is 11.3 Å². The lowest BCUT2D eigenvalue weighted by atomic mass is 10.1. The van der Waals surface area contributed by atoms with E-state index in [0.717, 1.165) is 5.56 Å². The molecule has 0 saturated carbocycles. The highest BCUT2D eigenvalue weighted by atomic mass is 32.1. The Morgan fingerprint density at radius 2 is 2.24 bits per heavy atom. The lowest BCUT2D eigenvalue weighted by Gasteiger charge is -2.18. The van der Waals surface area contributed by atoms with Crippen LogP contribution < -0.4 is 0 Å². The van der Waals surface area contributed by atoms with Gasteiger partial charge in [-0.05, 0) is 42.1 Å². The van der Waals surface area contributed by atoms with Crippen molar-refractivity contribution in [2.45, 2.75) is 13.5 Å². The number of benzene rings is 1. The van der Waals surface area contributed by atoms with Gasteiger partial charge in [0.25, 0.3) is 0 Å². The van der Waals surface area contributed by atoms with Crippen molar-refractivity contribution in [2.75, 3.05) is 6.54 Å². The van der Waals surface area contributed by atoms with Gasteiger partial charge in [0.1, 0.15) is 0 Å². The van der Waals surface area contributed by atoms with Crippen LogP contribution in [0.15, 0.2) is 47.9 Å². The molecule has 0 unspecified atom stereocenters. The molecule has 0 radical (unpaired) electrons. The van der Waals surface area contributed by atoms with E-state index in [1.165, 1.54) is 4.88 Å². The average molecular weight is 296 g/mol. The third-order valence-corrected chi connectivity index (χ3v) is 3.92. The van der Waals surface area contributed by atoms with E-state index in [2.05, 4.69) is 6.07 Å². The van der Waals surface area contributed by atoms with Gasteiger partial charge in [-0.1, -0.05) is 18.2 Å². The standard InChI is InChI=1S/C17H16N2OS/c1-2-19(13-16-7-4-10-21-16)17(20)9-8-14-5-3-6-15(11-14)12-18/h3-11H,2,13H2,1H3/b9-8+. The Morgan fingerprint density at radius 3 is 2.90 bits per heavy atom. The summed E-state index contributed by atoms with van der Waals surface area (Å²) in [5.41, 5.74) is 1.45. The van der Waals surface area contributed by atoms with Crippen LogP contribution in [0.4, 0.5) is 0 Å². The molecule has 1 amide bonds. The normalized spacial score (nSPS) is 10.5. The first-order valence-electron chi connectivity index (χ1n) is 6.72. The van der Waals surface area contributed by atoms with E-state index in [9.17, 15) is 4.79 Å². The van der Waals surface area contributed by atoms with Gasteiger partial charge in [-0.25, -0.2) is 0 Å². The maximum atomic E-state index is 12.2. The van der Waals surface area contributed by atoms with Crippen LogP contribution in [0.5, 0.6) is 0 Å². The van der Waals surface area contributed by atoms with Crippen LogP contribution in [0.2, 0.25) is 0 Å². The maximum absolute atomic E-state index is 12.2. The third kappa shape index (κ3) is 4.30. The monoisotopic (exact) mass is 296 g/mol. The SMILES string of the molecule is CCN(Cc1cccs1)C(=O)/C=C/c1cccc(C#N)c1. The molecule has 2 rings (SSSR count). The molecule has 3 nitrogen and oxygen atoms in total. The molecule has 0 N–H and O–H groups in total. The molecule has 1 heterocycles. The van der Waals surface area contributed by atoms with E-state index >= 15 is 0 Å². The van der Waals surface area contributed by atoms with E-state index in [4.69, 9.17) is 5.26 Å². The average Bonchev–Trinajstić information content (AvgIpc) is 3.03. The molecule has 0 fully saturated rings. The van der Waals surface area contributed by atoms with Gasteiger partial charge in [0.05, 0.1) is 18.2 Å². The molecule has 0 aliphatic carbocycles. The van der Waals surface area contributed by atoms with Crippen molar-refractivity contribution in [3.63, 3.8) is 0 Å². The van der Waals surface area contributed by atoms with E-state index in [1.807, 2.05) is 36.6 Å². The van der Waals surface area contributed by atoms with Gasteiger partial charge in [-0.2, -0.15) is 5.26 Å². The fraction of sp³-hybridized carbons (Fsp3) is 0.176. The number of thiophene rings is 1. The van der Waals surface area contributed by atoms with Gasteiger partial charge in [0.2, 0.25) is 5.91 Å². The van der Waals surface area contributed by atoms with E-state index in [1.54, 1.807) is 40.5 Å². The predicted octanol–water partition coefficient (Wildman–Crippen LogP) is 3.68. The first-order chi connectivity index (χ1) is 10.2. The Morgan fingerprint density at radius 1 is 1.38 bits per heavy atom. The predicted molar refractivity (Wildman–Crippen MR) is 85.6 cm³/mol. The number of rotatable bonds is 5. The number of carbonyl (C=O) groups is 1. The molecular formula is C17H16N2OS. The minimum absolute atomic E-state index is 0.0201. The van der Waals surface area contributed by atoms with E-state index in [0.29, 0.717) is 18.7 Å². The molecule has 1 aromatic heterocycles. The first kappa shape index (κ1) is 15.0. The summed E-state index contributed by atoms with van der Waals surface area (Å²) in [5, 5.41) is 10.9. The van der Waals surface area contributed by atoms with Gasteiger partial charge in [0.15, 0.2) is 0 Å². The second-order valence-electron chi connectivity index (χ2n) is 4.50. The highest BCUT2D eigenvalue weighted by Crippen LogP contribution is 2.12. The van der Waals surface area contributed by atoms with Gasteiger partial charge in [0, 0.05) is 17.5 Å². The first-order valence-corrected chi connectivity index (χ1v) is 7.60. The number of nitriles is 1. The molecule has 4 heteroatoms. The second-order valence-corrected chi connectivity index (χ2v) is 5.53. The zero-order valence-electron chi connectivity index (χ0n) is 11.8. The van der Waals surface area contributed by atoms with Crippen LogP contribution in [-0.4, -0.2) is 17.4 Å². The number of likely N-dealkylation sites (N-methyl/N-ethyl adjacent to an activating group) is 1. The molecule has 21 heavy (non-hydrogen) atoms. The van der Waals surface area contributed by atoms with Gasteiger partial charge in [-0.3, -0.25) is 4.79 Å². The van der Waals surface area contributed by atoms with Crippen LogP contribution in [0, 0.1) is 11.3 Å². The summed E-state index contributed by atoms with van der Waals surface area (Å²) in [6.45, 7) is 3.27. The Hall–Kier alpha value is -2.38. The van der Waals surface area contributed by atoms with Crippen molar-refractivity contribution in [3.05, 3.63) is 63.9 Å². The highest BCUT2D eigenvalue weighted by molar-refractivity contribution is 7.09. The van der Waals surface area contributed by atoms with Crippen LogP contribution in [0.25, 0.3) is 6.08 Å². The summed E-state index contributed by atoms with van der Waals surface area (Å²) in [6.07, 6.45) is 3.31. The molecule has 106 valence electrons. The Labute approximate surface area is 128 Å². The second kappa shape index (κ2) is 7.41. The molecule has 0 saturated heterocycles. The summed E-state index contributed by atoms with van der Waals surface area (Å²) in [5.74, 6) is -0.0201. The minimum Gasteiger partial charge on any atom is -0.334 e. The van der Waals surface area contributed by atoms with Gasteiger partial charge < -0.3 is 4.90 Å². The van der Waals surface area contributed by atoms with E-state index < -0.39 is 0 Å². The maximum Gasteiger partial charge on any atom is 0.246 e. The van der Waals surface area contributed by atoms with Crippen LogP contribution >= 0.6 is 11.3 Å². The Bertz CT molecular complexity index is 668. The lowest BCUT2D eigenvalue weighted by Crippen LogP contribution is -2.28. The van der Waals surface area contributed by atoms with E-state index in [-0.39, 0.29) is 5.91 Å². The fourth-order valence-corrected chi connectivity index (χ4v) is 2.64. The Kier molecular flexibility index (Phi) is 5.30. The van der Waals surface area contributed by atoms with Crippen LogP contribution in [0.3, 0.4) is 0 Å². The van der Waals surface area contributed by atoms with Crippen molar-refractivity contribution < 1.29 is 4.79 Å². The quantitative estimate of drug-likeness (QED) is 0.790. The largest absolute Gasteiger partial charge is 0.334 e. The minimum atomic E-state index is -0.0201. The number of hydrogen-bond acceptors (Lipinski definition) is 3. The number of carbonyl (C=O) groups excluding carboxylic acids is 1. The summed E-state index contributed by atoms with van der Waals surface area (Å²) in [6, 6.07) is 13.3. The molecule has 1 aromatic carbocycles. The number of hydrogen-bond donors (Lipinski definition) is 0. The number of nitrogens with zero attached hydrogens (tertiary/aromatic N) is 2. The van der Waals surface area contributed by atoms with Crippen molar-refractivity contribution >= 4 is 23.3 Å². The topological polar surface area (TPSA) is 44.1 Å². The molecule has 0 aliphatic heterocycles. The van der Waals surface area contributed by atoms with Gasteiger partial charge >= 0.3 is 0 Å².